The van der Waals surface area contributed by atoms with Crippen LogP contribution >= 0.6 is 0 Å². The van der Waals surface area contributed by atoms with Crippen molar-refractivity contribution in [2.45, 2.75) is 44.3 Å². The molecular weight excluding hydrogens is 530 g/mol. The lowest BCUT2D eigenvalue weighted by atomic mass is 10.0. The van der Waals surface area contributed by atoms with Crippen LogP contribution in [0.4, 0.5) is 0 Å². The van der Waals surface area contributed by atoms with Gasteiger partial charge in [0.15, 0.2) is 0 Å². The number of aromatic hydroxyl groups is 3. The number of aliphatic carboxylic acids is 1. The molecule has 0 unspecified atom stereocenters. The van der Waals surface area contributed by atoms with Gasteiger partial charge in [0.05, 0.1) is 12.6 Å². The van der Waals surface area contributed by atoms with Crippen LogP contribution in [-0.2, 0) is 38.4 Å². The number of Topliss-reactive ketones (excluding diaryl/α,β-unsaturated/α-hetero) is 1. The Balaban J connectivity index is 1.82. The molecule has 3 aromatic rings. The molecule has 0 fully saturated rings. The van der Waals surface area contributed by atoms with Crippen molar-refractivity contribution in [3.63, 3.8) is 0 Å². The Morgan fingerprint density at radius 1 is 0.585 bits per heavy atom. The van der Waals surface area contributed by atoms with Gasteiger partial charge in [0.25, 0.3) is 0 Å². The first-order valence-corrected chi connectivity index (χ1v) is 12.9. The van der Waals surface area contributed by atoms with Gasteiger partial charge in [-0.15, -0.1) is 0 Å². The predicted octanol–water partition coefficient (Wildman–Crippen LogP) is 1.43. The van der Waals surface area contributed by atoms with Gasteiger partial charge in [0.1, 0.15) is 35.1 Å². The number of nitrogens with one attached hydrogen (secondary N) is 3. The topological polar surface area (TPSA) is 185 Å². The van der Waals surface area contributed by atoms with Gasteiger partial charge in [-0.25, -0.2) is 4.79 Å². The lowest BCUT2D eigenvalue weighted by Crippen LogP contribution is -2.56. The molecule has 0 spiro atoms. The van der Waals surface area contributed by atoms with Gasteiger partial charge < -0.3 is 31.1 Å². The maximum atomic E-state index is 13.4. The molecule has 0 radical (unpaired) electrons. The maximum Gasteiger partial charge on any atom is 0.326 e. The Kier molecular flexibility index (Phi) is 10.8. The van der Waals surface area contributed by atoms with Gasteiger partial charge in [-0.3, -0.25) is 19.7 Å². The summed E-state index contributed by atoms with van der Waals surface area (Å²) in [5.74, 6) is -2.74. The Morgan fingerprint density at radius 2 is 0.927 bits per heavy atom. The lowest BCUT2D eigenvalue weighted by Gasteiger charge is -2.25. The average molecular weight is 564 g/mol. The van der Waals surface area contributed by atoms with Gasteiger partial charge in [0.2, 0.25) is 11.8 Å². The third-order valence-electron chi connectivity index (χ3n) is 6.29. The number of hydrogen-bond acceptors (Lipinski definition) is 8. The minimum absolute atomic E-state index is 0.0119. The maximum absolute atomic E-state index is 13.4. The van der Waals surface area contributed by atoms with Crippen LogP contribution in [0.5, 0.6) is 17.2 Å². The monoisotopic (exact) mass is 563 g/mol. The molecule has 0 aliphatic rings. The molecular formula is C30H33N3O8. The van der Waals surface area contributed by atoms with Crippen LogP contribution in [0, 0.1) is 0 Å². The van der Waals surface area contributed by atoms with Gasteiger partial charge in [-0.2, -0.15) is 0 Å². The van der Waals surface area contributed by atoms with Crippen LogP contribution in [0.3, 0.4) is 0 Å². The fraction of sp³-hybridized carbons (Fsp3) is 0.267. The number of carboxylic acids is 1. The third-order valence-corrected chi connectivity index (χ3v) is 6.29. The molecule has 0 aliphatic heterocycles. The summed E-state index contributed by atoms with van der Waals surface area (Å²) >= 11 is 0. The van der Waals surface area contributed by atoms with Crippen molar-refractivity contribution >= 4 is 23.6 Å². The Morgan fingerprint density at radius 3 is 1.32 bits per heavy atom. The first-order valence-electron chi connectivity index (χ1n) is 12.9. The molecule has 216 valence electrons. The Bertz CT molecular complexity index is 1340. The van der Waals surface area contributed by atoms with E-state index in [1.165, 1.54) is 43.3 Å². The predicted molar refractivity (Wildman–Crippen MR) is 149 cm³/mol. The zero-order chi connectivity index (χ0) is 29.9. The van der Waals surface area contributed by atoms with E-state index in [-0.39, 0.29) is 48.8 Å². The van der Waals surface area contributed by atoms with Crippen molar-refractivity contribution in [2.24, 2.45) is 0 Å². The summed E-state index contributed by atoms with van der Waals surface area (Å²) in [6.07, 6.45) is 0.0679. The van der Waals surface area contributed by atoms with Crippen molar-refractivity contribution in [3.8, 4) is 17.2 Å². The summed E-state index contributed by atoms with van der Waals surface area (Å²) in [6, 6.07) is 14.7. The average Bonchev–Trinajstić information content (AvgIpc) is 2.93. The smallest absolute Gasteiger partial charge is 0.326 e. The molecule has 0 aromatic heterocycles. The number of rotatable bonds is 14. The van der Waals surface area contributed by atoms with Crippen LogP contribution < -0.4 is 16.0 Å². The number of carbonyl (C=O) groups is 4. The van der Waals surface area contributed by atoms with Crippen molar-refractivity contribution < 1.29 is 39.6 Å². The fourth-order valence-electron chi connectivity index (χ4n) is 4.08. The Labute approximate surface area is 236 Å². The number of phenolic OH excluding ortho intramolecular Hbond substituents is 3. The molecule has 41 heavy (non-hydrogen) atoms. The molecule has 2 amide bonds. The molecule has 0 heterocycles. The quantitative estimate of drug-likeness (QED) is 0.152. The van der Waals surface area contributed by atoms with Gasteiger partial charge in [-0.1, -0.05) is 36.4 Å². The van der Waals surface area contributed by atoms with E-state index in [0.29, 0.717) is 16.7 Å². The number of ketones is 1. The van der Waals surface area contributed by atoms with Crippen molar-refractivity contribution in [1.82, 2.24) is 16.0 Å². The molecule has 0 saturated heterocycles. The van der Waals surface area contributed by atoms with E-state index in [1.54, 1.807) is 36.4 Å². The minimum atomic E-state index is -1.32. The molecule has 3 rings (SSSR count). The molecule has 11 nitrogen and oxygen atoms in total. The highest BCUT2D eigenvalue weighted by Crippen LogP contribution is 2.15. The number of carbonyl (C=O) groups excluding carboxylic acids is 3. The van der Waals surface area contributed by atoms with Gasteiger partial charge in [0, 0.05) is 12.8 Å². The van der Waals surface area contributed by atoms with Crippen LogP contribution in [0.15, 0.2) is 72.8 Å². The molecule has 0 bridgehead atoms. The first-order chi connectivity index (χ1) is 19.5. The van der Waals surface area contributed by atoms with E-state index < -0.39 is 35.9 Å². The highest BCUT2D eigenvalue weighted by Gasteiger charge is 2.29. The summed E-state index contributed by atoms with van der Waals surface area (Å²) in [4.78, 5) is 50.5. The fourth-order valence-corrected chi connectivity index (χ4v) is 4.08. The molecule has 3 aromatic carbocycles. The van der Waals surface area contributed by atoms with Crippen LogP contribution in [0.25, 0.3) is 0 Å². The summed E-state index contributed by atoms with van der Waals surface area (Å²) in [5, 5.41) is 46.6. The SMILES string of the molecule is CC(=O)CN[C@@H](Cc1ccc(O)cc1)C(=O)N[C@@H](Cc1ccc(O)cc1)C(=O)N[C@@H](Cc1ccc(O)cc1)C(=O)O. The van der Waals surface area contributed by atoms with Crippen LogP contribution in [0.2, 0.25) is 0 Å². The number of carboxylic acid groups (broad SMARTS) is 1. The number of hydrogen-bond donors (Lipinski definition) is 7. The summed E-state index contributed by atoms with van der Waals surface area (Å²) in [5.41, 5.74) is 1.86. The number of benzene rings is 3. The highest BCUT2D eigenvalue weighted by atomic mass is 16.4. The zero-order valence-corrected chi connectivity index (χ0v) is 22.4. The van der Waals surface area contributed by atoms with Gasteiger partial charge in [-0.05, 0) is 66.4 Å². The third kappa shape index (κ3) is 9.97. The van der Waals surface area contributed by atoms with E-state index in [2.05, 4.69) is 16.0 Å². The normalized spacial score (nSPS) is 13.0. The molecule has 11 heteroatoms. The van der Waals surface area contributed by atoms with Crippen LogP contribution in [-0.4, -0.2) is 68.7 Å². The largest absolute Gasteiger partial charge is 0.508 e. The number of phenols is 3. The zero-order valence-electron chi connectivity index (χ0n) is 22.4. The van der Waals surface area contributed by atoms with E-state index >= 15 is 0 Å². The molecule has 0 saturated carbocycles. The number of amides is 2. The summed E-state index contributed by atoms with van der Waals surface area (Å²) < 4.78 is 0. The van der Waals surface area contributed by atoms with Crippen molar-refractivity contribution in [2.75, 3.05) is 6.54 Å². The second-order valence-corrected chi connectivity index (χ2v) is 9.71. The summed E-state index contributed by atoms with van der Waals surface area (Å²) in [7, 11) is 0. The van der Waals surface area contributed by atoms with E-state index in [0.717, 1.165) is 0 Å². The van der Waals surface area contributed by atoms with Crippen LogP contribution in [0.1, 0.15) is 23.6 Å². The molecule has 7 N–H and O–H groups in total. The highest BCUT2D eigenvalue weighted by molar-refractivity contribution is 5.92. The second-order valence-electron chi connectivity index (χ2n) is 9.71. The van der Waals surface area contributed by atoms with E-state index in [9.17, 15) is 39.6 Å². The van der Waals surface area contributed by atoms with E-state index in [1.807, 2.05) is 0 Å². The lowest BCUT2D eigenvalue weighted by molar-refractivity contribution is -0.142. The van der Waals surface area contributed by atoms with Gasteiger partial charge >= 0.3 is 5.97 Å². The first kappa shape index (κ1) is 30.6. The summed E-state index contributed by atoms with van der Waals surface area (Å²) in [6.45, 7) is 1.27. The molecule has 0 aliphatic carbocycles. The Hall–Kier alpha value is -4.90. The van der Waals surface area contributed by atoms with E-state index in [4.69, 9.17) is 0 Å². The second kappa shape index (κ2) is 14.5. The van der Waals surface area contributed by atoms with Crippen molar-refractivity contribution in [1.29, 1.82) is 0 Å². The standard InChI is InChI=1S/C30H33N3O8/c1-18(34)17-31-25(14-19-2-8-22(35)9-3-19)28(38)32-26(15-20-4-10-23(36)11-5-20)29(39)33-27(30(40)41)16-21-6-12-24(37)13-7-21/h2-13,25-27,31,35-37H,14-17H2,1H3,(H,32,38)(H,33,39)(H,40,41)/t25-,26-,27-/m0/s1. The minimum Gasteiger partial charge on any atom is -0.508 e. The van der Waals surface area contributed by atoms with Crippen molar-refractivity contribution in [3.05, 3.63) is 89.5 Å². The molecule has 3 atom stereocenters.